The highest BCUT2D eigenvalue weighted by Crippen LogP contribution is 2.32. The molecule has 1 amide bonds. The molecule has 0 aliphatic carbocycles. The summed E-state index contributed by atoms with van der Waals surface area (Å²) < 4.78 is 27.3. The van der Waals surface area contributed by atoms with Crippen LogP contribution in [0.2, 0.25) is 0 Å². The molecule has 142 valence electrons. The number of amides is 1. The second kappa shape index (κ2) is 8.29. The van der Waals surface area contributed by atoms with Gasteiger partial charge in [0.05, 0.1) is 15.6 Å². The fraction of sp³-hybridized carbons (Fsp3) is 0.118. The minimum absolute atomic E-state index is 0.0383. The lowest BCUT2D eigenvalue weighted by Gasteiger charge is -2.15. The summed E-state index contributed by atoms with van der Waals surface area (Å²) in [6.07, 6.45) is -0.870. The molecule has 10 heteroatoms. The average Bonchev–Trinajstić information content (AvgIpc) is 2.56. The summed E-state index contributed by atoms with van der Waals surface area (Å²) in [7, 11) is 0. The number of hydrogen-bond donors (Lipinski definition) is 4. The van der Waals surface area contributed by atoms with Gasteiger partial charge in [-0.1, -0.05) is 0 Å². The molecule has 0 unspecified atom stereocenters. The van der Waals surface area contributed by atoms with Crippen LogP contribution in [-0.2, 0) is 9.59 Å². The van der Waals surface area contributed by atoms with Gasteiger partial charge in [-0.2, -0.15) is 0 Å². The number of benzene rings is 2. The van der Waals surface area contributed by atoms with E-state index in [1.54, 1.807) is 22.6 Å². The summed E-state index contributed by atoms with van der Waals surface area (Å²) in [5, 5.41) is 29.8. The molecule has 0 aromatic heterocycles. The molecule has 7 nitrogen and oxygen atoms in total. The van der Waals surface area contributed by atoms with Gasteiger partial charge in [0.25, 0.3) is 5.91 Å². The summed E-state index contributed by atoms with van der Waals surface area (Å²) in [4.78, 5) is 34.2. The Morgan fingerprint density at radius 1 is 1.11 bits per heavy atom. The molecule has 0 aliphatic rings. The first-order valence-corrected chi connectivity index (χ1v) is 8.41. The molecule has 0 radical (unpaired) electrons. The minimum atomic E-state index is -1.72. The van der Waals surface area contributed by atoms with E-state index in [9.17, 15) is 28.3 Å². The van der Waals surface area contributed by atoms with E-state index in [0.717, 1.165) is 18.2 Å². The first-order valence-electron chi connectivity index (χ1n) is 7.33. The van der Waals surface area contributed by atoms with E-state index >= 15 is 0 Å². The topological polar surface area (TPSA) is 124 Å². The van der Waals surface area contributed by atoms with Gasteiger partial charge in [-0.3, -0.25) is 9.59 Å². The average molecular weight is 491 g/mol. The molecular formula is C17H12F2INO6. The lowest BCUT2D eigenvalue weighted by atomic mass is 10.0. The van der Waals surface area contributed by atoms with Crippen molar-refractivity contribution in [2.24, 2.45) is 0 Å². The Balaban J connectivity index is 2.44. The van der Waals surface area contributed by atoms with Crippen LogP contribution in [0.3, 0.4) is 0 Å². The predicted octanol–water partition coefficient (Wildman–Crippen LogP) is 2.60. The highest BCUT2D eigenvalue weighted by atomic mass is 127. The third-order valence-corrected chi connectivity index (χ3v) is 4.35. The first-order chi connectivity index (χ1) is 12.6. The van der Waals surface area contributed by atoms with E-state index in [2.05, 4.69) is 0 Å². The fourth-order valence-corrected chi connectivity index (χ4v) is 2.89. The molecule has 0 saturated heterocycles. The largest absolute Gasteiger partial charge is 0.506 e. The molecule has 0 saturated carbocycles. The van der Waals surface area contributed by atoms with Crippen LogP contribution in [0, 0.1) is 15.2 Å². The maximum absolute atomic E-state index is 14.0. The van der Waals surface area contributed by atoms with Gasteiger partial charge in [-0.05, 0) is 52.4 Å². The Hall–Kier alpha value is -2.76. The monoisotopic (exact) mass is 491 g/mol. The highest BCUT2D eigenvalue weighted by molar-refractivity contribution is 14.1. The molecule has 4 N–H and O–H groups in total. The number of carbonyl (C=O) groups excluding carboxylic acids is 1. The molecule has 1 atom stereocenters. The zero-order valence-electron chi connectivity index (χ0n) is 13.4. The van der Waals surface area contributed by atoms with Crippen molar-refractivity contribution in [3.63, 3.8) is 0 Å². The van der Waals surface area contributed by atoms with Crippen LogP contribution >= 0.6 is 22.6 Å². The van der Waals surface area contributed by atoms with Gasteiger partial charge in [0.2, 0.25) is 0 Å². The number of aliphatic carboxylic acids is 2. The second-order valence-corrected chi connectivity index (χ2v) is 6.60. The standard InChI is InChI=1S/C17H12F2INO6/c18-8-1-2-9(11(19)5-8)7-3-10(15(24)12(20)4-7)16(25)21-13(17(26)27)6-14(22)23/h1-5,13,24H,6H2,(H,21,25)(H,22,23)(H,26,27)/t13-/m0/s1. The smallest absolute Gasteiger partial charge is 0.326 e. The molecular weight excluding hydrogens is 479 g/mol. The van der Waals surface area contributed by atoms with Crippen molar-refractivity contribution >= 4 is 40.4 Å². The number of nitrogens with one attached hydrogen (secondary N) is 1. The molecule has 0 fully saturated rings. The highest BCUT2D eigenvalue weighted by Gasteiger charge is 2.26. The number of carboxylic acids is 2. The Morgan fingerprint density at radius 2 is 1.78 bits per heavy atom. The second-order valence-electron chi connectivity index (χ2n) is 5.44. The Kier molecular flexibility index (Phi) is 6.31. The molecule has 0 spiro atoms. The van der Waals surface area contributed by atoms with Crippen LogP contribution in [0.5, 0.6) is 5.75 Å². The number of carboxylic acid groups (broad SMARTS) is 2. The van der Waals surface area contributed by atoms with Crippen LogP contribution in [-0.4, -0.2) is 39.2 Å². The van der Waals surface area contributed by atoms with Gasteiger partial charge < -0.3 is 20.6 Å². The van der Waals surface area contributed by atoms with Gasteiger partial charge in [-0.15, -0.1) is 0 Å². The number of phenolic OH excluding ortho intramolecular Hbond substituents is 1. The molecule has 2 aromatic rings. The maximum atomic E-state index is 14.0. The van der Waals surface area contributed by atoms with Crippen molar-refractivity contribution in [3.05, 3.63) is 51.1 Å². The van der Waals surface area contributed by atoms with Crippen molar-refractivity contribution in [2.45, 2.75) is 12.5 Å². The van der Waals surface area contributed by atoms with Gasteiger partial charge in [-0.25, -0.2) is 13.6 Å². The number of rotatable bonds is 6. The van der Waals surface area contributed by atoms with Gasteiger partial charge >= 0.3 is 11.9 Å². The van der Waals surface area contributed by atoms with Crippen molar-refractivity contribution < 1.29 is 38.5 Å². The van der Waals surface area contributed by atoms with E-state index in [0.29, 0.717) is 6.07 Å². The number of carbonyl (C=O) groups is 3. The van der Waals surface area contributed by atoms with E-state index < -0.39 is 47.7 Å². The summed E-state index contributed by atoms with van der Waals surface area (Å²) in [5.74, 6) is -6.23. The van der Waals surface area contributed by atoms with Crippen molar-refractivity contribution in [1.29, 1.82) is 0 Å². The molecule has 2 aromatic carbocycles. The lowest BCUT2D eigenvalue weighted by Crippen LogP contribution is -2.42. The van der Waals surface area contributed by atoms with Crippen LogP contribution in [0.25, 0.3) is 11.1 Å². The van der Waals surface area contributed by atoms with Crippen molar-refractivity contribution in [1.82, 2.24) is 5.32 Å². The SMILES string of the molecule is O=C(O)C[C@H](NC(=O)c1cc(-c2ccc(F)cc2F)cc(I)c1O)C(=O)O. The van der Waals surface area contributed by atoms with E-state index in [1.165, 1.54) is 6.07 Å². The molecule has 0 heterocycles. The third-order valence-electron chi connectivity index (χ3n) is 3.53. The van der Waals surface area contributed by atoms with E-state index in [-0.39, 0.29) is 20.3 Å². The summed E-state index contributed by atoms with van der Waals surface area (Å²) in [6.45, 7) is 0. The van der Waals surface area contributed by atoms with Crippen LogP contribution in [0.1, 0.15) is 16.8 Å². The molecule has 0 bridgehead atoms. The Labute approximate surface area is 164 Å². The lowest BCUT2D eigenvalue weighted by molar-refractivity contribution is -0.145. The summed E-state index contributed by atoms with van der Waals surface area (Å²) >= 11 is 1.68. The summed E-state index contributed by atoms with van der Waals surface area (Å²) in [5.41, 5.74) is -0.272. The Morgan fingerprint density at radius 3 is 2.33 bits per heavy atom. The van der Waals surface area contributed by atoms with Crippen LogP contribution < -0.4 is 5.32 Å². The maximum Gasteiger partial charge on any atom is 0.326 e. The number of halogens is 3. The number of hydrogen-bond acceptors (Lipinski definition) is 4. The fourth-order valence-electron chi connectivity index (χ4n) is 2.26. The molecule has 0 aliphatic heterocycles. The normalized spacial score (nSPS) is 11.7. The number of aromatic hydroxyl groups is 1. The zero-order valence-corrected chi connectivity index (χ0v) is 15.5. The molecule has 27 heavy (non-hydrogen) atoms. The van der Waals surface area contributed by atoms with Gasteiger partial charge in [0.1, 0.15) is 23.4 Å². The van der Waals surface area contributed by atoms with Crippen LogP contribution in [0.15, 0.2) is 30.3 Å². The van der Waals surface area contributed by atoms with Gasteiger partial charge in [0.15, 0.2) is 0 Å². The predicted molar refractivity (Wildman–Crippen MR) is 97.3 cm³/mol. The molecule has 2 rings (SSSR count). The quantitative estimate of drug-likeness (QED) is 0.461. The number of phenols is 1. The van der Waals surface area contributed by atoms with E-state index in [1.807, 2.05) is 5.32 Å². The summed E-state index contributed by atoms with van der Waals surface area (Å²) in [6, 6.07) is 3.56. The van der Waals surface area contributed by atoms with Crippen molar-refractivity contribution in [2.75, 3.05) is 0 Å². The zero-order chi connectivity index (χ0) is 20.3. The van der Waals surface area contributed by atoms with Crippen LogP contribution in [0.4, 0.5) is 8.78 Å². The minimum Gasteiger partial charge on any atom is -0.506 e. The Bertz CT molecular complexity index is 934. The van der Waals surface area contributed by atoms with E-state index in [4.69, 9.17) is 10.2 Å². The first kappa shape index (κ1) is 20.6. The van der Waals surface area contributed by atoms with Gasteiger partial charge in [0, 0.05) is 11.6 Å². The third kappa shape index (κ3) is 4.90. The van der Waals surface area contributed by atoms with Crippen molar-refractivity contribution in [3.8, 4) is 16.9 Å².